The third kappa shape index (κ3) is 2.58. The molecule has 0 spiro atoms. The maximum atomic E-state index is 11.6. The predicted molar refractivity (Wildman–Crippen MR) is 70.3 cm³/mol. The second-order valence-electron chi connectivity index (χ2n) is 4.47. The van der Waals surface area contributed by atoms with Gasteiger partial charge >= 0.3 is 6.03 Å². The molecule has 2 rings (SSSR count). The minimum absolute atomic E-state index is 0.127. The number of carbonyl (C=O) groups is 1. The van der Waals surface area contributed by atoms with E-state index in [4.69, 9.17) is 0 Å². The molecule has 0 radical (unpaired) electrons. The van der Waals surface area contributed by atoms with E-state index in [9.17, 15) is 4.79 Å². The highest BCUT2D eigenvalue weighted by molar-refractivity contribution is 6.01. The number of hydrogen-bond acceptors (Lipinski definition) is 1. The molecule has 0 unspecified atom stereocenters. The fourth-order valence-corrected chi connectivity index (χ4v) is 1.82. The molecule has 0 aliphatic heterocycles. The van der Waals surface area contributed by atoms with Gasteiger partial charge in [0.25, 0.3) is 0 Å². The Kier molecular flexibility index (Phi) is 3.04. The van der Waals surface area contributed by atoms with Gasteiger partial charge in [-0.05, 0) is 39.0 Å². The van der Waals surface area contributed by atoms with Crippen molar-refractivity contribution >= 4 is 22.6 Å². The summed E-state index contributed by atoms with van der Waals surface area (Å²) in [5, 5.41) is 6.69. The number of hydrogen-bond donors (Lipinski definition) is 3. The average Bonchev–Trinajstić information content (AvgIpc) is 2.58. The number of urea groups is 1. The molecule has 0 fully saturated rings. The Balaban J connectivity index is 2.26. The molecule has 1 aromatic carbocycles. The lowest BCUT2D eigenvalue weighted by Crippen LogP contribution is -2.34. The van der Waals surface area contributed by atoms with Crippen LogP contribution in [0.15, 0.2) is 24.3 Å². The van der Waals surface area contributed by atoms with Gasteiger partial charge in [0.05, 0.1) is 5.69 Å². The zero-order valence-electron chi connectivity index (χ0n) is 10.3. The highest BCUT2D eigenvalue weighted by Gasteiger charge is 2.07. The van der Waals surface area contributed by atoms with Crippen molar-refractivity contribution in [2.75, 3.05) is 5.32 Å². The summed E-state index contributed by atoms with van der Waals surface area (Å²) < 4.78 is 0. The van der Waals surface area contributed by atoms with E-state index >= 15 is 0 Å². The lowest BCUT2D eigenvalue weighted by molar-refractivity contribution is 0.250. The van der Waals surface area contributed by atoms with E-state index in [1.54, 1.807) is 0 Å². The molecule has 90 valence electrons. The average molecular weight is 231 g/mol. The lowest BCUT2D eigenvalue weighted by Gasteiger charge is -2.10. The van der Waals surface area contributed by atoms with Crippen molar-refractivity contribution in [3.63, 3.8) is 0 Å². The molecule has 0 saturated carbocycles. The predicted octanol–water partition coefficient (Wildman–Crippen LogP) is 3.01. The van der Waals surface area contributed by atoms with Crippen LogP contribution in [-0.4, -0.2) is 17.1 Å². The number of amides is 2. The molecule has 2 amide bonds. The number of rotatable bonds is 2. The SMILES string of the molecule is Cc1cc2c(NC(=O)NC(C)C)cccc2[nH]1. The van der Waals surface area contributed by atoms with E-state index in [2.05, 4.69) is 15.6 Å². The minimum Gasteiger partial charge on any atom is -0.359 e. The highest BCUT2D eigenvalue weighted by Crippen LogP contribution is 2.23. The van der Waals surface area contributed by atoms with E-state index in [1.807, 2.05) is 45.0 Å². The summed E-state index contributed by atoms with van der Waals surface area (Å²) >= 11 is 0. The van der Waals surface area contributed by atoms with Crippen molar-refractivity contribution in [2.45, 2.75) is 26.8 Å². The van der Waals surface area contributed by atoms with E-state index in [0.717, 1.165) is 22.3 Å². The summed E-state index contributed by atoms with van der Waals surface area (Å²) in [4.78, 5) is 14.9. The molecule has 0 saturated heterocycles. The Hall–Kier alpha value is -1.97. The molecular formula is C13H17N3O. The molecule has 4 nitrogen and oxygen atoms in total. The molecule has 1 aromatic heterocycles. The number of H-pyrrole nitrogens is 1. The second kappa shape index (κ2) is 4.49. The van der Waals surface area contributed by atoms with E-state index in [1.165, 1.54) is 0 Å². The first-order chi connectivity index (χ1) is 8.06. The van der Waals surface area contributed by atoms with Crippen LogP contribution < -0.4 is 10.6 Å². The van der Waals surface area contributed by atoms with Gasteiger partial charge in [-0.3, -0.25) is 0 Å². The number of fused-ring (bicyclic) bond motifs is 1. The third-order valence-corrected chi connectivity index (χ3v) is 2.47. The van der Waals surface area contributed by atoms with Crippen LogP contribution in [0, 0.1) is 6.92 Å². The highest BCUT2D eigenvalue weighted by atomic mass is 16.2. The topological polar surface area (TPSA) is 56.9 Å². The van der Waals surface area contributed by atoms with E-state index < -0.39 is 0 Å². The van der Waals surface area contributed by atoms with Gasteiger partial charge in [-0.2, -0.15) is 0 Å². The van der Waals surface area contributed by atoms with Crippen molar-refractivity contribution in [1.82, 2.24) is 10.3 Å². The maximum absolute atomic E-state index is 11.6. The normalized spacial score (nSPS) is 10.8. The molecule has 0 bridgehead atoms. The van der Waals surface area contributed by atoms with Crippen LogP contribution in [0.3, 0.4) is 0 Å². The molecule has 0 aliphatic carbocycles. The van der Waals surface area contributed by atoms with Crippen molar-refractivity contribution in [3.05, 3.63) is 30.0 Å². The molecule has 3 N–H and O–H groups in total. The number of carbonyl (C=O) groups excluding carboxylic acids is 1. The zero-order valence-corrected chi connectivity index (χ0v) is 10.3. The van der Waals surface area contributed by atoms with Gasteiger partial charge in [0.1, 0.15) is 0 Å². The van der Waals surface area contributed by atoms with Crippen molar-refractivity contribution in [3.8, 4) is 0 Å². The molecule has 0 aliphatic rings. The number of anilines is 1. The van der Waals surface area contributed by atoms with Gasteiger partial charge in [-0.25, -0.2) is 4.79 Å². The Labute approximate surface area is 100 Å². The van der Waals surface area contributed by atoms with Gasteiger partial charge in [-0.1, -0.05) is 6.07 Å². The number of aryl methyl sites for hydroxylation is 1. The van der Waals surface area contributed by atoms with Gasteiger partial charge < -0.3 is 15.6 Å². The first-order valence-corrected chi connectivity index (χ1v) is 5.72. The van der Waals surface area contributed by atoms with Crippen LogP contribution in [0.2, 0.25) is 0 Å². The Morgan fingerprint density at radius 1 is 1.35 bits per heavy atom. The second-order valence-corrected chi connectivity index (χ2v) is 4.47. The van der Waals surface area contributed by atoms with Crippen LogP contribution in [-0.2, 0) is 0 Å². The largest absolute Gasteiger partial charge is 0.359 e. The summed E-state index contributed by atoms with van der Waals surface area (Å²) in [7, 11) is 0. The van der Waals surface area contributed by atoms with Gasteiger partial charge in [0.2, 0.25) is 0 Å². The fraction of sp³-hybridized carbons (Fsp3) is 0.308. The van der Waals surface area contributed by atoms with E-state index in [0.29, 0.717) is 0 Å². The maximum Gasteiger partial charge on any atom is 0.319 e. The number of aromatic nitrogens is 1. The molecule has 4 heteroatoms. The monoisotopic (exact) mass is 231 g/mol. The van der Waals surface area contributed by atoms with Crippen LogP contribution in [0.5, 0.6) is 0 Å². The van der Waals surface area contributed by atoms with Gasteiger partial charge in [0.15, 0.2) is 0 Å². The fourth-order valence-electron chi connectivity index (χ4n) is 1.82. The van der Waals surface area contributed by atoms with Crippen molar-refractivity contribution in [2.24, 2.45) is 0 Å². The number of aromatic amines is 1. The van der Waals surface area contributed by atoms with Gasteiger partial charge in [-0.15, -0.1) is 0 Å². The summed E-state index contributed by atoms with van der Waals surface area (Å²) in [6, 6.07) is 7.79. The van der Waals surface area contributed by atoms with Crippen molar-refractivity contribution in [1.29, 1.82) is 0 Å². The summed E-state index contributed by atoms with van der Waals surface area (Å²) in [6.45, 7) is 5.86. The standard InChI is InChI=1S/C13H17N3O/c1-8(2)14-13(17)16-12-6-4-5-11-10(12)7-9(3)15-11/h4-8,15H,1-3H3,(H2,14,16,17). The van der Waals surface area contributed by atoms with E-state index in [-0.39, 0.29) is 12.1 Å². The smallest absolute Gasteiger partial charge is 0.319 e. The molecule has 2 aromatic rings. The summed E-state index contributed by atoms with van der Waals surface area (Å²) in [6.07, 6.45) is 0. The third-order valence-electron chi connectivity index (χ3n) is 2.47. The number of nitrogens with one attached hydrogen (secondary N) is 3. The minimum atomic E-state index is -0.175. The zero-order chi connectivity index (χ0) is 12.4. The summed E-state index contributed by atoms with van der Waals surface area (Å²) in [5.74, 6) is 0. The molecule has 0 atom stereocenters. The van der Waals surface area contributed by atoms with Crippen LogP contribution in [0.4, 0.5) is 10.5 Å². The summed E-state index contributed by atoms with van der Waals surface area (Å²) in [5.41, 5.74) is 2.94. The Bertz CT molecular complexity index is 543. The van der Waals surface area contributed by atoms with Crippen LogP contribution in [0.1, 0.15) is 19.5 Å². The van der Waals surface area contributed by atoms with Gasteiger partial charge in [0, 0.05) is 22.6 Å². The van der Waals surface area contributed by atoms with Crippen molar-refractivity contribution < 1.29 is 4.79 Å². The lowest BCUT2D eigenvalue weighted by atomic mass is 10.2. The molecule has 17 heavy (non-hydrogen) atoms. The van der Waals surface area contributed by atoms with Crippen LogP contribution in [0.25, 0.3) is 10.9 Å². The Morgan fingerprint density at radius 3 is 2.82 bits per heavy atom. The Morgan fingerprint density at radius 2 is 2.12 bits per heavy atom. The first-order valence-electron chi connectivity index (χ1n) is 5.72. The molecule has 1 heterocycles. The quantitative estimate of drug-likeness (QED) is 0.731. The number of benzene rings is 1. The van der Waals surface area contributed by atoms with Crippen LogP contribution >= 0.6 is 0 Å². The first kappa shape index (κ1) is 11.5. The molecular weight excluding hydrogens is 214 g/mol.